The van der Waals surface area contributed by atoms with E-state index in [9.17, 15) is 14.9 Å². The molecule has 1 aliphatic rings. The van der Waals surface area contributed by atoms with E-state index in [1.165, 1.54) is 17.2 Å². The molecule has 0 bridgehead atoms. The molecular weight excluding hydrogens is 278 g/mol. The highest BCUT2D eigenvalue weighted by Gasteiger charge is 2.37. The number of carbonyl (C=O) groups excluding carboxylic acids is 1. The zero-order chi connectivity index (χ0) is 15.6. The molecule has 8 nitrogen and oxygen atoms in total. The Morgan fingerprint density at radius 2 is 2.19 bits per heavy atom. The van der Waals surface area contributed by atoms with Gasteiger partial charge in [-0.05, 0) is 20.8 Å². The normalized spacial score (nSPS) is 17.9. The van der Waals surface area contributed by atoms with Gasteiger partial charge in [-0.1, -0.05) is 0 Å². The van der Waals surface area contributed by atoms with Crippen molar-refractivity contribution in [1.82, 2.24) is 9.88 Å². The number of likely N-dealkylation sites (tertiary alicyclic amines) is 1. The van der Waals surface area contributed by atoms with Crippen molar-refractivity contribution >= 4 is 11.8 Å². The molecule has 1 aromatic rings. The van der Waals surface area contributed by atoms with Crippen molar-refractivity contribution in [2.24, 2.45) is 0 Å². The first-order valence-corrected chi connectivity index (χ1v) is 6.52. The number of carbonyl (C=O) groups is 1. The minimum atomic E-state index is -0.579. The molecule has 1 fully saturated rings. The van der Waals surface area contributed by atoms with Gasteiger partial charge in [-0.25, -0.2) is 4.79 Å². The van der Waals surface area contributed by atoms with Crippen LogP contribution in [0.4, 0.5) is 10.5 Å². The molecule has 1 unspecified atom stereocenters. The number of rotatable bonds is 3. The van der Waals surface area contributed by atoms with Crippen molar-refractivity contribution in [2.45, 2.75) is 39.0 Å². The molecule has 1 atom stereocenters. The van der Waals surface area contributed by atoms with Crippen LogP contribution in [0, 0.1) is 10.1 Å². The molecule has 1 saturated heterocycles. The molecule has 1 aliphatic heterocycles. The zero-order valence-electron chi connectivity index (χ0n) is 12.1. The van der Waals surface area contributed by atoms with Crippen molar-refractivity contribution in [3.63, 3.8) is 0 Å². The summed E-state index contributed by atoms with van der Waals surface area (Å²) >= 11 is 0. The van der Waals surface area contributed by atoms with Gasteiger partial charge in [0.1, 0.15) is 17.5 Å². The Kier molecular flexibility index (Phi) is 3.97. The summed E-state index contributed by atoms with van der Waals surface area (Å²) in [6, 6.07) is 1.28. The topological polar surface area (TPSA) is 94.8 Å². The standard InChI is InChI=1S/C13H17N3O5/c1-13(2,3)21-12(17)15-5-4-11(15)20-10-6-9(16(18)19)7-14-8-10/h6-8,11H,4-5H2,1-3H3. The van der Waals surface area contributed by atoms with Gasteiger partial charge in [0, 0.05) is 13.0 Å². The Hall–Kier alpha value is -2.38. The molecule has 0 spiro atoms. The van der Waals surface area contributed by atoms with Crippen molar-refractivity contribution in [3.05, 3.63) is 28.6 Å². The molecule has 8 heteroatoms. The first kappa shape index (κ1) is 15.0. The van der Waals surface area contributed by atoms with E-state index in [1.54, 1.807) is 20.8 Å². The molecule has 2 heterocycles. The minimum Gasteiger partial charge on any atom is -0.468 e. The van der Waals surface area contributed by atoms with Crippen molar-refractivity contribution in [1.29, 1.82) is 0 Å². The van der Waals surface area contributed by atoms with E-state index in [2.05, 4.69) is 4.98 Å². The number of aromatic nitrogens is 1. The number of hydrogen-bond acceptors (Lipinski definition) is 6. The summed E-state index contributed by atoms with van der Waals surface area (Å²) in [5.74, 6) is 0.252. The second-order valence-electron chi connectivity index (χ2n) is 5.67. The van der Waals surface area contributed by atoms with Crippen LogP contribution in [0.25, 0.3) is 0 Å². The van der Waals surface area contributed by atoms with Gasteiger partial charge < -0.3 is 9.47 Å². The third-order valence-electron chi connectivity index (χ3n) is 2.77. The summed E-state index contributed by atoms with van der Waals surface area (Å²) in [6.45, 7) is 5.88. The van der Waals surface area contributed by atoms with Crippen LogP contribution in [0.2, 0.25) is 0 Å². The maximum atomic E-state index is 11.9. The molecule has 0 saturated carbocycles. The quantitative estimate of drug-likeness (QED) is 0.627. The molecule has 0 N–H and O–H groups in total. The number of nitrogens with zero attached hydrogens (tertiary/aromatic N) is 3. The predicted molar refractivity (Wildman–Crippen MR) is 72.9 cm³/mol. The van der Waals surface area contributed by atoms with Crippen LogP contribution in [0.15, 0.2) is 18.5 Å². The average Bonchev–Trinajstić information content (AvgIpc) is 2.32. The van der Waals surface area contributed by atoms with E-state index in [0.29, 0.717) is 13.0 Å². The van der Waals surface area contributed by atoms with Gasteiger partial charge >= 0.3 is 6.09 Å². The maximum absolute atomic E-state index is 11.9. The molecule has 0 aromatic carbocycles. The van der Waals surface area contributed by atoms with E-state index in [0.717, 1.165) is 6.20 Å². The summed E-state index contributed by atoms with van der Waals surface area (Å²) < 4.78 is 10.8. The second kappa shape index (κ2) is 5.55. The van der Waals surface area contributed by atoms with Crippen LogP contribution in [-0.4, -0.2) is 39.3 Å². The fourth-order valence-electron chi connectivity index (χ4n) is 1.74. The highest BCUT2D eigenvalue weighted by atomic mass is 16.6. The molecule has 0 radical (unpaired) electrons. The lowest BCUT2D eigenvalue weighted by molar-refractivity contribution is -0.385. The third-order valence-corrected chi connectivity index (χ3v) is 2.77. The average molecular weight is 295 g/mol. The van der Waals surface area contributed by atoms with Gasteiger partial charge in [-0.15, -0.1) is 0 Å². The van der Waals surface area contributed by atoms with Gasteiger partial charge in [0.2, 0.25) is 0 Å². The van der Waals surface area contributed by atoms with Crippen molar-refractivity contribution < 1.29 is 19.2 Å². The Labute approximate surface area is 121 Å². The Morgan fingerprint density at radius 3 is 2.71 bits per heavy atom. The smallest absolute Gasteiger partial charge is 0.413 e. The first-order chi connectivity index (χ1) is 9.76. The van der Waals surface area contributed by atoms with Crippen LogP contribution in [-0.2, 0) is 4.74 Å². The van der Waals surface area contributed by atoms with Gasteiger partial charge in [-0.3, -0.25) is 20.0 Å². The lowest BCUT2D eigenvalue weighted by Gasteiger charge is -2.40. The number of hydrogen-bond donors (Lipinski definition) is 0. The zero-order valence-corrected chi connectivity index (χ0v) is 12.1. The summed E-state index contributed by atoms with van der Waals surface area (Å²) in [6.07, 6.45) is 2.21. The summed E-state index contributed by atoms with van der Waals surface area (Å²) in [4.78, 5) is 27.2. The van der Waals surface area contributed by atoms with E-state index in [-0.39, 0.29) is 11.4 Å². The monoisotopic (exact) mass is 295 g/mol. The van der Waals surface area contributed by atoms with Gasteiger partial charge in [0.15, 0.2) is 6.23 Å². The molecular formula is C13H17N3O5. The number of pyridine rings is 1. The van der Waals surface area contributed by atoms with Gasteiger partial charge in [0.05, 0.1) is 17.2 Å². The second-order valence-corrected chi connectivity index (χ2v) is 5.67. The largest absolute Gasteiger partial charge is 0.468 e. The van der Waals surface area contributed by atoms with E-state index in [4.69, 9.17) is 9.47 Å². The predicted octanol–water partition coefficient (Wildman–Crippen LogP) is 2.34. The molecule has 2 rings (SSSR count). The Balaban J connectivity index is 1.99. The van der Waals surface area contributed by atoms with Gasteiger partial charge in [-0.2, -0.15) is 0 Å². The van der Waals surface area contributed by atoms with Crippen LogP contribution in [0.1, 0.15) is 27.2 Å². The Morgan fingerprint density at radius 1 is 1.48 bits per heavy atom. The fourth-order valence-corrected chi connectivity index (χ4v) is 1.74. The fraction of sp³-hybridized carbons (Fsp3) is 0.538. The molecule has 21 heavy (non-hydrogen) atoms. The van der Waals surface area contributed by atoms with Crippen LogP contribution >= 0.6 is 0 Å². The highest BCUT2D eigenvalue weighted by molar-refractivity contribution is 5.69. The first-order valence-electron chi connectivity index (χ1n) is 6.52. The number of amides is 1. The number of ether oxygens (including phenoxy) is 2. The summed E-state index contributed by atoms with van der Waals surface area (Å²) in [5, 5.41) is 10.7. The molecule has 0 aliphatic carbocycles. The molecule has 114 valence electrons. The maximum Gasteiger partial charge on any atom is 0.413 e. The molecule has 1 aromatic heterocycles. The lowest BCUT2D eigenvalue weighted by atomic mass is 10.2. The highest BCUT2D eigenvalue weighted by Crippen LogP contribution is 2.26. The van der Waals surface area contributed by atoms with E-state index in [1.807, 2.05) is 0 Å². The lowest BCUT2D eigenvalue weighted by Crippen LogP contribution is -2.55. The molecule has 1 amide bonds. The van der Waals surface area contributed by atoms with Crippen LogP contribution < -0.4 is 4.74 Å². The van der Waals surface area contributed by atoms with Gasteiger partial charge in [0.25, 0.3) is 5.69 Å². The Bertz CT molecular complexity index is 555. The van der Waals surface area contributed by atoms with Crippen LogP contribution in [0.3, 0.4) is 0 Å². The summed E-state index contributed by atoms with van der Waals surface area (Å²) in [5.41, 5.74) is -0.736. The van der Waals surface area contributed by atoms with Crippen LogP contribution in [0.5, 0.6) is 5.75 Å². The third kappa shape index (κ3) is 3.80. The van der Waals surface area contributed by atoms with Crippen molar-refractivity contribution in [3.8, 4) is 5.75 Å². The van der Waals surface area contributed by atoms with Crippen molar-refractivity contribution in [2.75, 3.05) is 6.54 Å². The van der Waals surface area contributed by atoms with E-state index < -0.39 is 22.8 Å². The number of nitro groups is 1. The minimum absolute atomic E-state index is 0.157. The summed E-state index contributed by atoms with van der Waals surface area (Å²) in [7, 11) is 0. The van der Waals surface area contributed by atoms with E-state index >= 15 is 0 Å². The SMILES string of the molecule is CC(C)(C)OC(=O)N1CCC1Oc1cncc([N+](=O)[O-])c1.